The van der Waals surface area contributed by atoms with Gasteiger partial charge in [0.05, 0.1) is 5.56 Å². The molecule has 2 aromatic rings. The average Bonchev–Trinajstić information content (AvgIpc) is 2.70. The molecule has 0 heterocycles. The van der Waals surface area contributed by atoms with E-state index in [2.05, 4.69) is 6.58 Å². The predicted molar refractivity (Wildman–Crippen MR) is 106 cm³/mol. The fourth-order valence-corrected chi connectivity index (χ4v) is 2.08. The topological polar surface area (TPSA) is 99.1 Å². The molecule has 0 unspecified atom stereocenters. The highest BCUT2D eigenvalue weighted by Gasteiger charge is 2.09. The van der Waals surface area contributed by atoms with Crippen molar-refractivity contribution in [2.75, 3.05) is 13.2 Å². The number of esters is 2. The molecule has 1 N–H and O–H groups in total. The molecule has 0 fully saturated rings. The van der Waals surface area contributed by atoms with Gasteiger partial charge in [0, 0.05) is 11.6 Å². The lowest BCUT2D eigenvalue weighted by Gasteiger charge is -2.08. The minimum absolute atomic E-state index is 0.0904. The van der Waals surface area contributed by atoms with Gasteiger partial charge in [-0.25, -0.2) is 14.4 Å². The first-order valence-corrected chi connectivity index (χ1v) is 8.64. The zero-order chi connectivity index (χ0) is 21.2. The van der Waals surface area contributed by atoms with Gasteiger partial charge in [-0.2, -0.15) is 0 Å². The first-order chi connectivity index (χ1) is 13.8. The molecule has 0 aliphatic rings. The average molecular weight is 396 g/mol. The smallest absolute Gasteiger partial charge is 0.343 e. The van der Waals surface area contributed by atoms with Crippen molar-refractivity contribution in [2.24, 2.45) is 0 Å². The second-order valence-electron chi connectivity index (χ2n) is 5.92. The summed E-state index contributed by atoms with van der Waals surface area (Å²) in [4.78, 5) is 34.0. The lowest BCUT2D eigenvalue weighted by atomic mass is 10.2. The minimum atomic E-state index is -1.04. The second kappa shape index (κ2) is 10.5. The van der Waals surface area contributed by atoms with Crippen LogP contribution in [-0.4, -0.2) is 36.2 Å². The van der Waals surface area contributed by atoms with Crippen LogP contribution in [0.25, 0.3) is 6.08 Å². The molecule has 0 bridgehead atoms. The molecule has 29 heavy (non-hydrogen) atoms. The molecule has 0 radical (unpaired) electrons. The maximum atomic E-state index is 12.2. The minimum Gasteiger partial charge on any atom is -0.490 e. The van der Waals surface area contributed by atoms with Crippen LogP contribution in [0, 0.1) is 0 Å². The highest BCUT2D eigenvalue weighted by Crippen LogP contribution is 2.17. The number of carbonyl (C=O) groups is 3. The molecule has 0 atom stereocenters. The van der Waals surface area contributed by atoms with Crippen LogP contribution in [0.4, 0.5) is 0 Å². The lowest BCUT2D eigenvalue weighted by Crippen LogP contribution is -2.12. The van der Waals surface area contributed by atoms with E-state index in [9.17, 15) is 14.4 Å². The Kier molecular flexibility index (Phi) is 7.73. The highest BCUT2D eigenvalue weighted by atomic mass is 16.6. The molecule has 0 aliphatic carbocycles. The molecule has 2 aromatic carbocycles. The number of carboxylic acid groups (broad SMARTS) is 1. The Morgan fingerprint density at radius 3 is 2.17 bits per heavy atom. The number of benzene rings is 2. The van der Waals surface area contributed by atoms with Gasteiger partial charge in [0.25, 0.3) is 0 Å². The Morgan fingerprint density at radius 2 is 1.59 bits per heavy atom. The summed E-state index contributed by atoms with van der Waals surface area (Å²) >= 11 is 0. The van der Waals surface area contributed by atoms with Crippen molar-refractivity contribution in [3.8, 4) is 11.5 Å². The van der Waals surface area contributed by atoms with Gasteiger partial charge in [0.2, 0.25) is 0 Å². The lowest BCUT2D eigenvalue weighted by molar-refractivity contribution is -0.139. The van der Waals surface area contributed by atoms with E-state index in [0.29, 0.717) is 28.2 Å². The van der Waals surface area contributed by atoms with Gasteiger partial charge in [-0.1, -0.05) is 18.7 Å². The maximum Gasteiger partial charge on any atom is 0.343 e. The van der Waals surface area contributed by atoms with Gasteiger partial charge in [0.15, 0.2) is 0 Å². The summed E-state index contributed by atoms with van der Waals surface area (Å²) in [6.07, 6.45) is 2.46. The van der Waals surface area contributed by atoms with Gasteiger partial charge in [0.1, 0.15) is 24.7 Å². The standard InChI is InChI=1S/C22H20O7/c1-15(2)21(25)28-14-13-27-18-10-6-17(7-11-18)22(26)29-19-8-3-16(4-9-19)5-12-20(23)24/h3-12H,1,13-14H2,2H3,(H,23,24)/b12-5+. The molecule has 7 nitrogen and oxygen atoms in total. The number of ether oxygens (including phenoxy) is 3. The molecule has 0 aromatic heterocycles. The molecule has 0 aliphatic heterocycles. The van der Waals surface area contributed by atoms with Gasteiger partial charge >= 0.3 is 17.9 Å². The fourth-order valence-electron chi connectivity index (χ4n) is 2.08. The number of hydrogen-bond donors (Lipinski definition) is 1. The second-order valence-corrected chi connectivity index (χ2v) is 5.92. The van der Waals surface area contributed by atoms with E-state index >= 15 is 0 Å². The Bertz CT molecular complexity index is 909. The normalized spacial score (nSPS) is 10.4. The van der Waals surface area contributed by atoms with E-state index in [1.807, 2.05) is 0 Å². The maximum absolute atomic E-state index is 12.2. The van der Waals surface area contributed by atoms with Crippen LogP contribution in [0.3, 0.4) is 0 Å². The number of hydrogen-bond acceptors (Lipinski definition) is 6. The van der Waals surface area contributed by atoms with Gasteiger partial charge in [-0.3, -0.25) is 0 Å². The van der Waals surface area contributed by atoms with Crippen LogP contribution >= 0.6 is 0 Å². The summed E-state index contributed by atoms with van der Waals surface area (Å²) in [7, 11) is 0. The van der Waals surface area contributed by atoms with E-state index in [1.54, 1.807) is 55.5 Å². The third kappa shape index (κ3) is 7.34. The monoisotopic (exact) mass is 396 g/mol. The summed E-state index contributed by atoms with van der Waals surface area (Å²) in [5, 5.41) is 8.61. The molecular formula is C22H20O7. The summed E-state index contributed by atoms with van der Waals surface area (Å²) in [5.41, 5.74) is 1.32. The van der Waals surface area contributed by atoms with Crippen molar-refractivity contribution in [3.63, 3.8) is 0 Å². The zero-order valence-corrected chi connectivity index (χ0v) is 15.8. The molecule has 150 valence electrons. The van der Waals surface area contributed by atoms with Crippen LogP contribution in [0.2, 0.25) is 0 Å². The third-order valence-corrected chi connectivity index (χ3v) is 3.53. The van der Waals surface area contributed by atoms with Crippen LogP contribution in [0.1, 0.15) is 22.8 Å². The number of aliphatic carboxylic acids is 1. The van der Waals surface area contributed by atoms with E-state index in [0.717, 1.165) is 6.08 Å². The van der Waals surface area contributed by atoms with E-state index < -0.39 is 17.9 Å². The predicted octanol–water partition coefficient (Wildman–Crippen LogP) is 3.50. The largest absolute Gasteiger partial charge is 0.490 e. The summed E-state index contributed by atoms with van der Waals surface area (Å²) in [6.45, 7) is 5.31. The van der Waals surface area contributed by atoms with Crippen LogP contribution in [0.15, 0.2) is 66.8 Å². The van der Waals surface area contributed by atoms with E-state index in [-0.39, 0.29) is 13.2 Å². The molecule has 7 heteroatoms. The Morgan fingerprint density at radius 1 is 0.966 bits per heavy atom. The van der Waals surface area contributed by atoms with Crippen molar-refractivity contribution in [3.05, 3.63) is 77.9 Å². The van der Waals surface area contributed by atoms with Crippen molar-refractivity contribution >= 4 is 24.0 Å². The van der Waals surface area contributed by atoms with Crippen molar-refractivity contribution < 1.29 is 33.7 Å². The Balaban J connectivity index is 1.84. The molecule has 0 saturated carbocycles. The quantitative estimate of drug-likeness (QED) is 0.300. The first kappa shape index (κ1) is 21.4. The van der Waals surface area contributed by atoms with Gasteiger partial charge in [-0.05, 0) is 55.0 Å². The zero-order valence-electron chi connectivity index (χ0n) is 15.8. The molecule has 0 saturated heterocycles. The third-order valence-electron chi connectivity index (χ3n) is 3.53. The molecular weight excluding hydrogens is 376 g/mol. The van der Waals surface area contributed by atoms with Crippen LogP contribution < -0.4 is 9.47 Å². The number of carbonyl (C=O) groups excluding carboxylic acids is 2. The highest BCUT2D eigenvalue weighted by molar-refractivity contribution is 5.91. The number of rotatable bonds is 9. The first-order valence-electron chi connectivity index (χ1n) is 8.64. The van der Waals surface area contributed by atoms with E-state index in [1.165, 1.54) is 6.08 Å². The van der Waals surface area contributed by atoms with Crippen molar-refractivity contribution in [2.45, 2.75) is 6.92 Å². The number of carboxylic acids is 1. The van der Waals surface area contributed by atoms with Gasteiger partial charge < -0.3 is 19.3 Å². The molecule has 0 spiro atoms. The SMILES string of the molecule is C=C(C)C(=O)OCCOc1ccc(C(=O)Oc2ccc(/C=C/C(=O)O)cc2)cc1. The van der Waals surface area contributed by atoms with Crippen LogP contribution in [-0.2, 0) is 14.3 Å². The Labute approximate surface area is 167 Å². The summed E-state index contributed by atoms with van der Waals surface area (Å²) in [5.74, 6) is -1.20. The van der Waals surface area contributed by atoms with Gasteiger partial charge in [-0.15, -0.1) is 0 Å². The van der Waals surface area contributed by atoms with E-state index in [4.69, 9.17) is 19.3 Å². The van der Waals surface area contributed by atoms with Crippen molar-refractivity contribution in [1.82, 2.24) is 0 Å². The Hall–Kier alpha value is -3.87. The summed E-state index contributed by atoms with van der Waals surface area (Å²) < 4.78 is 15.6. The summed E-state index contributed by atoms with van der Waals surface area (Å²) in [6, 6.07) is 12.8. The van der Waals surface area contributed by atoms with Crippen molar-refractivity contribution in [1.29, 1.82) is 0 Å². The van der Waals surface area contributed by atoms with Crippen LogP contribution in [0.5, 0.6) is 11.5 Å². The molecule has 2 rings (SSSR count). The fraction of sp³-hybridized carbons (Fsp3) is 0.136. The molecule has 0 amide bonds.